The molecule has 2 N–H and O–H groups in total. The molecular formula is C19H29NO2. The van der Waals surface area contributed by atoms with Crippen molar-refractivity contribution in [2.24, 2.45) is 17.6 Å². The topological polar surface area (TPSA) is 44.5 Å². The predicted molar refractivity (Wildman–Crippen MR) is 89.7 cm³/mol. The summed E-state index contributed by atoms with van der Waals surface area (Å²) in [6.45, 7) is 0.728. The third-order valence-electron chi connectivity index (χ3n) is 5.78. The van der Waals surface area contributed by atoms with Gasteiger partial charge < -0.3 is 15.2 Å². The number of rotatable bonds is 4. The molecule has 0 aromatic heterocycles. The minimum absolute atomic E-state index is 0.468. The Morgan fingerprint density at radius 2 is 1.82 bits per heavy atom. The molecule has 3 nitrogen and oxygen atoms in total. The van der Waals surface area contributed by atoms with Crippen molar-refractivity contribution in [3.63, 3.8) is 0 Å². The van der Waals surface area contributed by atoms with Gasteiger partial charge in [0.25, 0.3) is 0 Å². The van der Waals surface area contributed by atoms with E-state index in [1.165, 1.54) is 49.7 Å². The molecule has 122 valence electrons. The van der Waals surface area contributed by atoms with E-state index in [1.807, 2.05) is 6.07 Å². The lowest BCUT2D eigenvalue weighted by Crippen LogP contribution is -2.30. The molecule has 1 fully saturated rings. The van der Waals surface area contributed by atoms with E-state index < -0.39 is 0 Å². The molecule has 0 bridgehead atoms. The summed E-state index contributed by atoms with van der Waals surface area (Å²) in [7, 11) is 3.46. The van der Waals surface area contributed by atoms with Crippen LogP contribution in [0.25, 0.3) is 0 Å². The van der Waals surface area contributed by atoms with Gasteiger partial charge >= 0.3 is 0 Å². The van der Waals surface area contributed by atoms with Gasteiger partial charge in [-0.15, -0.1) is 0 Å². The van der Waals surface area contributed by atoms with Crippen molar-refractivity contribution < 1.29 is 9.47 Å². The summed E-state index contributed by atoms with van der Waals surface area (Å²) in [5.41, 5.74) is 8.83. The van der Waals surface area contributed by atoms with Crippen LogP contribution in [-0.2, 0) is 6.42 Å². The Bertz CT molecular complexity index is 508. The van der Waals surface area contributed by atoms with Crippen LogP contribution in [0.1, 0.15) is 55.6 Å². The van der Waals surface area contributed by atoms with Gasteiger partial charge in [-0.1, -0.05) is 38.2 Å². The summed E-state index contributed by atoms with van der Waals surface area (Å²) in [4.78, 5) is 0. The van der Waals surface area contributed by atoms with Gasteiger partial charge in [-0.05, 0) is 48.8 Å². The molecule has 2 aliphatic rings. The van der Waals surface area contributed by atoms with Gasteiger partial charge in [0, 0.05) is 5.56 Å². The van der Waals surface area contributed by atoms with Crippen molar-refractivity contribution >= 4 is 0 Å². The van der Waals surface area contributed by atoms with Crippen LogP contribution in [0.15, 0.2) is 12.1 Å². The van der Waals surface area contributed by atoms with E-state index in [-0.39, 0.29) is 0 Å². The minimum atomic E-state index is 0.468. The normalized spacial score (nSPS) is 25.6. The van der Waals surface area contributed by atoms with E-state index in [2.05, 4.69) is 6.07 Å². The molecule has 3 heteroatoms. The molecule has 2 aliphatic carbocycles. The number of nitrogens with two attached hydrogens (primary N) is 1. The molecule has 0 spiro atoms. The Balaban J connectivity index is 1.94. The van der Waals surface area contributed by atoms with Crippen LogP contribution in [0.2, 0.25) is 0 Å². The van der Waals surface area contributed by atoms with Gasteiger partial charge in [0.1, 0.15) is 0 Å². The quantitative estimate of drug-likeness (QED) is 0.918. The minimum Gasteiger partial charge on any atom is -0.493 e. The number of hydrogen-bond acceptors (Lipinski definition) is 3. The molecular weight excluding hydrogens is 274 g/mol. The molecule has 0 aliphatic heterocycles. The second-order valence-electron chi connectivity index (χ2n) is 6.90. The highest BCUT2D eigenvalue weighted by molar-refractivity contribution is 5.53. The molecule has 0 radical (unpaired) electrons. The van der Waals surface area contributed by atoms with Gasteiger partial charge in [0.2, 0.25) is 0 Å². The first-order chi connectivity index (χ1) is 10.8. The van der Waals surface area contributed by atoms with E-state index in [9.17, 15) is 0 Å². The zero-order chi connectivity index (χ0) is 15.5. The van der Waals surface area contributed by atoms with Crippen LogP contribution in [-0.4, -0.2) is 20.8 Å². The lowest BCUT2D eigenvalue weighted by atomic mass is 9.68. The maximum atomic E-state index is 6.10. The summed E-state index contributed by atoms with van der Waals surface area (Å²) in [5.74, 6) is 3.87. The molecule has 1 aromatic rings. The maximum absolute atomic E-state index is 6.10. The van der Waals surface area contributed by atoms with Gasteiger partial charge in [-0.25, -0.2) is 0 Å². The lowest BCUT2D eigenvalue weighted by molar-refractivity contribution is 0.212. The second kappa shape index (κ2) is 6.91. The lowest BCUT2D eigenvalue weighted by Gasteiger charge is -2.38. The molecule has 2 atom stereocenters. The van der Waals surface area contributed by atoms with Crippen molar-refractivity contribution in [2.45, 2.75) is 50.9 Å². The van der Waals surface area contributed by atoms with Crippen molar-refractivity contribution in [3.8, 4) is 11.5 Å². The first kappa shape index (κ1) is 15.7. The van der Waals surface area contributed by atoms with Crippen LogP contribution in [0.4, 0.5) is 0 Å². The smallest absolute Gasteiger partial charge is 0.164 e. The summed E-state index contributed by atoms with van der Waals surface area (Å²) in [5, 5.41) is 0. The Kier molecular flexibility index (Phi) is 4.92. The SMILES string of the molecule is COc1ccc2c(c1OC)CC(C1CCCCC1)CC2CN. The number of methoxy groups -OCH3 is 2. The van der Waals surface area contributed by atoms with Crippen molar-refractivity contribution in [1.82, 2.24) is 0 Å². The Hall–Kier alpha value is -1.22. The van der Waals surface area contributed by atoms with E-state index in [4.69, 9.17) is 15.2 Å². The maximum Gasteiger partial charge on any atom is 0.164 e. The fraction of sp³-hybridized carbons (Fsp3) is 0.684. The highest BCUT2D eigenvalue weighted by atomic mass is 16.5. The zero-order valence-electron chi connectivity index (χ0n) is 13.9. The fourth-order valence-corrected chi connectivity index (χ4v) is 4.62. The van der Waals surface area contributed by atoms with E-state index in [0.29, 0.717) is 5.92 Å². The van der Waals surface area contributed by atoms with E-state index in [0.717, 1.165) is 36.3 Å². The standard InChI is InChI=1S/C19H29NO2/c1-21-18-9-8-16-15(12-20)10-14(11-17(16)19(18)22-2)13-6-4-3-5-7-13/h8-9,13-15H,3-7,10-12,20H2,1-2H3. The number of benzene rings is 1. The van der Waals surface area contributed by atoms with Gasteiger partial charge in [0.05, 0.1) is 14.2 Å². The molecule has 0 amide bonds. The molecule has 1 aromatic carbocycles. The van der Waals surface area contributed by atoms with Crippen LogP contribution in [0.3, 0.4) is 0 Å². The average Bonchev–Trinajstić information content (AvgIpc) is 2.60. The Morgan fingerprint density at radius 3 is 2.45 bits per heavy atom. The highest BCUT2D eigenvalue weighted by Crippen LogP contribution is 2.47. The second-order valence-corrected chi connectivity index (χ2v) is 6.90. The van der Waals surface area contributed by atoms with Crippen LogP contribution in [0.5, 0.6) is 11.5 Å². The Morgan fingerprint density at radius 1 is 1.05 bits per heavy atom. The monoisotopic (exact) mass is 303 g/mol. The van der Waals surface area contributed by atoms with Gasteiger partial charge in [0.15, 0.2) is 11.5 Å². The van der Waals surface area contributed by atoms with Crippen LogP contribution >= 0.6 is 0 Å². The largest absolute Gasteiger partial charge is 0.493 e. The molecule has 22 heavy (non-hydrogen) atoms. The van der Waals surface area contributed by atoms with Crippen LogP contribution in [0, 0.1) is 11.8 Å². The third kappa shape index (κ3) is 2.83. The third-order valence-corrected chi connectivity index (χ3v) is 5.78. The number of fused-ring (bicyclic) bond motifs is 1. The molecule has 0 saturated heterocycles. The fourth-order valence-electron chi connectivity index (χ4n) is 4.62. The summed E-state index contributed by atoms with van der Waals surface area (Å²) in [6, 6.07) is 4.23. The van der Waals surface area contributed by atoms with Gasteiger partial charge in [-0.2, -0.15) is 0 Å². The first-order valence-corrected chi connectivity index (χ1v) is 8.72. The van der Waals surface area contributed by atoms with Crippen molar-refractivity contribution in [1.29, 1.82) is 0 Å². The van der Waals surface area contributed by atoms with Gasteiger partial charge in [-0.3, -0.25) is 0 Å². The van der Waals surface area contributed by atoms with Crippen molar-refractivity contribution in [3.05, 3.63) is 23.3 Å². The van der Waals surface area contributed by atoms with Crippen molar-refractivity contribution in [2.75, 3.05) is 20.8 Å². The first-order valence-electron chi connectivity index (χ1n) is 8.72. The molecule has 1 saturated carbocycles. The van der Waals surface area contributed by atoms with Crippen LogP contribution < -0.4 is 15.2 Å². The predicted octanol–water partition coefficient (Wildman–Crippen LogP) is 3.89. The number of hydrogen-bond donors (Lipinski definition) is 1. The summed E-state index contributed by atoms with van der Waals surface area (Å²) in [6.07, 6.45) is 9.36. The molecule has 0 heterocycles. The highest BCUT2D eigenvalue weighted by Gasteiger charge is 2.34. The number of ether oxygens (including phenoxy) is 2. The zero-order valence-corrected chi connectivity index (χ0v) is 13.9. The van der Waals surface area contributed by atoms with E-state index >= 15 is 0 Å². The van der Waals surface area contributed by atoms with E-state index in [1.54, 1.807) is 14.2 Å². The Labute approximate surface area is 134 Å². The summed E-state index contributed by atoms with van der Waals surface area (Å²) < 4.78 is 11.2. The summed E-state index contributed by atoms with van der Waals surface area (Å²) >= 11 is 0. The molecule has 3 rings (SSSR count). The molecule has 2 unspecified atom stereocenters. The average molecular weight is 303 g/mol.